The molecule has 4 N–H and O–H groups in total. The van der Waals surface area contributed by atoms with Crippen molar-refractivity contribution in [3.8, 4) is 6.07 Å². The number of pyridine rings is 1. The van der Waals surface area contributed by atoms with Crippen LogP contribution in [0.15, 0.2) is 18.2 Å². The van der Waals surface area contributed by atoms with Gasteiger partial charge in [-0.2, -0.15) is 10.4 Å². The van der Waals surface area contributed by atoms with Crippen molar-refractivity contribution in [2.45, 2.75) is 37.8 Å². The van der Waals surface area contributed by atoms with Gasteiger partial charge in [0.15, 0.2) is 29.1 Å². The molecule has 12 heteroatoms. The first-order valence-electron chi connectivity index (χ1n) is 11.1. The molecule has 1 fully saturated rings. The molecular weight excluding hydrogens is 458 g/mol. The standard InChI is InChI=1S/C23H26F2N8O2/c1-32(2)22-14-9-13(10-15(24)19(14)33(3)31-22)27-20-12(11-26)8-16(25)21(30-20)28-17-6-4-5-7-18(17)29-23(34)35/h8-10,17-18,29H,4-7H2,1-3H3,(H,34,35)(H2,27,28,30)/t17-,18+/m1/s1. The summed E-state index contributed by atoms with van der Waals surface area (Å²) >= 11 is 0. The minimum absolute atomic E-state index is 0.0454. The molecule has 10 nitrogen and oxygen atoms in total. The summed E-state index contributed by atoms with van der Waals surface area (Å²) in [6, 6.07) is 5.13. The number of fused-ring (bicyclic) bond motifs is 1. The smallest absolute Gasteiger partial charge is 0.404 e. The highest BCUT2D eigenvalue weighted by Gasteiger charge is 2.28. The van der Waals surface area contributed by atoms with Gasteiger partial charge in [0.05, 0.1) is 11.6 Å². The molecule has 2 aromatic heterocycles. The summed E-state index contributed by atoms with van der Waals surface area (Å²) < 4.78 is 31.2. The van der Waals surface area contributed by atoms with Gasteiger partial charge in [-0.1, -0.05) is 12.8 Å². The van der Waals surface area contributed by atoms with Gasteiger partial charge in [0.25, 0.3) is 0 Å². The van der Waals surface area contributed by atoms with Crippen LogP contribution >= 0.6 is 0 Å². The number of benzene rings is 1. The predicted octanol–water partition coefficient (Wildman–Crippen LogP) is 3.92. The topological polar surface area (TPSA) is 131 Å². The Morgan fingerprint density at radius 2 is 1.89 bits per heavy atom. The number of anilines is 4. The molecule has 0 bridgehead atoms. The zero-order valence-corrected chi connectivity index (χ0v) is 19.6. The number of nitriles is 1. The van der Waals surface area contributed by atoms with E-state index in [1.807, 2.05) is 6.07 Å². The molecule has 0 saturated heterocycles. The second-order valence-corrected chi connectivity index (χ2v) is 8.74. The van der Waals surface area contributed by atoms with Crippen LogP contribution in [0.25, 0.3) is 10.9 Å². The van der Waals surface area contributed by atoms with Crippen molar-refractivity contribution in [2.75, 3.05) is 29.6 Å². The molecule has 0 radical (unpaired) electrons. The van der Waals surface area contributed by atoms with Crippen molar-refractivity contribution in [1.82, 2.24) is 20.1 Å². The average Bonchev–Trinajstić information content (AvgIpc) is 3.13. The molecule has 2 atom stereocenters. The summed E-state index contributed by atoms with van der Waals surface area (Å²) in [5, 5.41) is 32.0. The molecule has 2 heterocycles. The first kappa shape index (κ1) is 24.0. The van der Waals surface area contributed by atoms with Crippen LogP contribution in [0, 0.1) is 23.0 Å². The van der Waals surface area contributed by atoms with Gasteiger partial charge in [-0.3, -0.25) is 4.68 Å². The van der Waals surface area contributed by atoms with Crippen LogP contribution in [0.4, 0.5) is 36.7 Å². The number of halogens is 2. The molecule has 1 aliphatic carbocycles. The van der Waals surface area contributed by atoms with Crippen LogP contribution in [0.5, 0.6) is 0 Å². The van der Waals surface area contributed by atoms with Crippen molar-refractivity contribution in [3.63, 3.8) is 0 Å². The number of aryl methyl sites for hydroxylation is 1. The Balaban J connectivity index is 1.68. The van der Waals surface area contributed by atoms with Gasteiger partial charge < -0.3 is 26.0 Å². The molecular formula is C23H26F2N8O2. The number of rotatable bonds is 6. The Morgan fingerprint density at radius 3 is 2.54 bits per heavy atom. The predicted molar refractivity (Wildman–Crippen MR) is 128 cm³/mol. The van der Waals surface area contributed by atoms with E-state index in [1.165, 1.54) is 10.7 Å². The van der Waals surface area contributed by atoms with E-state index < -0.39 is 23.8 Å². The summed E-state index contributed by atoms with van der Waals surface area (Å²) in [5.41, 5.74) is 0.579. The van der Waals surface area contributed by atoms with Crippen LogP contribution in [0.1, 0.15) is 31.2 Å². The molecule has 0 unspecified atom stereocenters. The van der Waals surface area contributed by atoms with Crippen molar-refractivity contribution < 1.29 is 18.7 Å². The third-order valence-corrected chi connectivity index (χ3v) is 6.05. The Morgan fingerprint density at radius 1 is 1.17 bits per heavy atom. The lowest BCUT2D eigenvalue weighted by Crippen LogP contribution is -2.48. The van der Waals surface area contributed by atoms with E-state index >= 15 is 0 Å². The highest BCUT2D eigenvalue weighted by molar-refractivity contribution is 5.94. The number of carbonyl (C=O) groups is 1. The Labute approximate surface area is 200 Å². The minimum atomic E-state index is -1.15. The van der Waals surface area contributed by atoms with Crippen LogP contribution < -0.4 is 20.9 Å². The molecule has 4 rings (SSSR count). The molecule has 1 saturated carbocycles. The van der Waals surface area contributed by atoms with Crippen molar-refractivity contribution in [1.29, 1.82) is 5.26 Å². The second-order valence-electron chi connectivity index (χ2n) is 8.74. The van der Waals surface area contributed by atoms with Crippen LogP contribution in [-0.4, -0.2) is 52.1 Å². The Hall–Kier alpha value is -4.14. The number of amides is 1. The highest BCUT2D eigenvalue weighted by Crippen LogP contribution is 2.32. The minimum Gasteiger partial charge on any atom is -0.465 e. The van der Waals surface area contributed by atoms with Crippen LogP contribution in [-0.2, 0) is 7.05 Å². The summed E-state index contributed by atoms with van der Waals surface area (Å²) in [5.74, 6) is -0.766. The maximum Gasteiger partial charge on any atom is 0.404 e. The van der Waals surface area contributed by atoms with E-state index in [9.17, 15) is 18.8 Å². The third kappa shape index (κ3) is 4.89. The zero-order chi connectivity index (χ0) is 25.3. The number of carboxylic acid groups (broad SMARTS) is 1. The fourth-order valence-electron chi connectivity index (χ4n) is 4.46. The first-order valence-corrected chi connectivity index (χ1v) is 11.1. The molecule has 0 aliphatic heterocycles. The van der Waals surface area contributed by atoms with Gasteiger partial charge in [-0.05, 0) is 31.0 Å². The lowest BCUT2D eigenvalue weighted by Gasteiger charge is -2.32. The fraction of sp³-hybridized carbons (Fsp3) is 0.391. The molecule has 1 aromatic carbocycles. The average molecular weight is 485 g/mol. The van der Waals surface area contributed by atoms with Gasteiger partial charge in [0.1, 0.15) is 11.6 Å². The molecule has 184 valence electrons. The van der Waals surface area contributed by atoms with E-state index in [0.717, 1.165) is 18.9 Å². The zero-order valence-electron chi connectivity index (χ0n) is 19.6. The monoisotopic (exact) mass is 484 g/mol. The van der Waals surface area contributed by atoms with E-state index in [-0.39, 0.29) is 23.2 Å². The van der Waals surface area contributed by atoms with Gasteiger partial charge in [-0.25, -0.2) is 18.6 Å². The number of nitrogens with zero attached hydrogens (tertiary/aromatic N) is 5. The second kappa shape index (κ2) is 9.61. The number of hydrogen-bond acceptors (Lipinski definition) is 7. The Kier molecular flexibility index (Phi) is 6.59. The number of aromatic nitrogens is 3. The SMILES string of the molecule is CN(C)c1nn(C)c2c(F)cc(Nc3nc(N[C@@H]4CCCC[C@@H]4NC(=O)O)c(F)cc3C#N)cc12. The van der Waals surface area contributed by atoms with Crippen molar-refractivity contribution in [3.05, 3.63) is 35.4 Å². The fourth-order valence-corrected chi connectivity index (χ4v) is 4.46. The molecule has 0 spiro atoms. The molecule has 3 aromatic rings. The quantitative estimate of drug-likeness (QED) is 0.414. The van der Waals surface area contributed by atoms with Crippen molar-refractivity contribution >= 4 is 40.1 Å². The summed E-state index contributed by atoms with van der Waals surface area (Å²) in [4.78, 5) is 17.2. The van der Waals surface area contributed by atoms with E-state index in [2.05, 4.69) is 26.0 Å². The molecule has 1 amide bonds. The first-order chi connectivity index (χ1) is 16.7. The normalized spacial score (nSPS) is 17.6. The number of nitrogens with one attached hydrogen (secondary N) is 3. The third-order valence-electron chi connectivity index (χ3n) is 6.05. The highest BCUT2D eigenvalue weighted by atomic mass is 19.1. The summed E-state index contributed by atoms with van der Waals surface area (Å²) in [6.45, 7) is 0. The van der Waals surface area contributed by atoms with E-state index in [4.69, 9.17) is 5.11 Å². The lowest BCUT2D eigenvalue weighted by molar-refractivity contribution is 0.184. The summed E-state index contributed by atoms with van der Waals surface area (Å²) in [6.07, 6.45) is 1.81. The van der Waals surface area contributed by atoms with Gasteiger partial charge in [-0.15, -0.1) is 0 Å². The Bertz CT molecular complexity index is 1320. The van der Waals surface area contributed by atoms with Gasteiger partial charge in [0, 0.05) is 38.3 Å². The van der Waals surface area contributed by atoms with Gasteiger partial charge >= 0.3 is 6.09 Å². The van der Waals surface area contributed by atoms with E-state index in [1.54, 1.807) is 32.1 Å². The summed E-state index contributed by atoms with van der Waals surface area (Å²) in [7, 11) is 5.24. The largest absolute Gasteiger partial charge is 0.465 e. The van der Waals surface area contributed by atoms with Crippen LogP contribution in [0.3, 0.4) is 0 Å². The van der Waals surface area contributed by atoms with Gasteiger partial charge in [0.2, 0.25) is 0 Å². The maximum atomic E-state index is 14.9. The number of hydrogen-bond donors (Lipinski definition) is 4. The van der Waals surface area contributed by atoms with Crippen LogP contribution in [0.2, 0.25) is 0 Å². The molecule has 35 heavy (non-hydrogen) atoms. The maximum absolute atomic E-state index is 14.9. The van der Waals surface area contributed by atoms with E-state index in [0.29, 0.717) is 35.2 Å². The lowest BCUT2D eigenvalue weighted by atomic mass is 9.90. The molecule has 1 aliphatic rings. The van der Waals surface area contributed by atoms with Crippen molar-refractivity contribution in [2.24, 2.45) is 7.05 Å².